The summed E-state index contributed by atoms with van der Waals surface area (Å²) in [5.74, 6) is -3.81. The van der Waals surface area contributed by atoms with E-state index in [1.54, 1.807) is 30.6 Å². The van der Waals surface area contributed by atoms with Crippen LogP contribution in [0.1, 0.15) is 27.2 Å². The van der Waals surface area contributed by atoms with Crippen LogP contribution in [-0.4, -0.2) is 77.7 Å². The summed E-state index contributed by atoms with van der Waals surface area (Å²) < 4.78 is 49.2. The molecule has 0 saturated carbocycles. The molecular weight excluding hydrogens is 417 g/mol. The Hall–Kier alpha value is -2.56. The molecule has 2 aliphatic heterocycles. The van der Waals surface area contributed by atoms with E-state index in [0.717, 1.165) is 11.0 Å². The number of anilines is 1. The van der Waals surface area contributed by atoms with Crippen molar-refractivity contribution in [3.05, 3.63) is 34.1 Å². The van der Waals surface area contributed by atoms with E-state index >= 15 is 0 Å². The smallest absolute Gasteiger partial charge is 0.410 e. The first kappa shape index (κ1) is 23.1. The number of carbonyl (C=O) groups is 1. The Morgan fingerprint density at radius 1 is 1.19 bits per heavy atom. The molecule has 11 heteroatoms. The predicted octanol–water partition coefficient (Wildman–Crippen LogP) is 3.50. The third-order valence-electron chi connectivity index (χ3n) is 5.45. The lowest BCUT2D eigenvalue weighted by atomic mass is 9.98. The average molecular weight is 444 g/mol. The van der Waals surface area contributed by atoms with E-state index in [4.69, 9.17) is 4.74 Å². The number of piperidine rings is 1. The number of hydrogen-bond donors (Lipinski definition) is 0. The summed E-state index contributed by atoms with van der Waals surface area (Å²) >= 11 is 0. The van der Waals surface area contributed by atoms with Gasteiger partial charge in [-0.3, -0.25) is 15.0 Å². The maximum Gasteiger partial charge on any atom is 0.410 e. The fourth-order valence-corrected chi connectivity index (χ4v) is 4.00. The molecule has 0 N–H and O–H groups in total. The summed E-state index contributed by atoms with van der Waals surface area (Å²) in [6.45, 7) is 5.74. The molecule has 172 valence electrons. The number of ether oxygens (including phenoxy) is 1. The van der Waals surface area contributed by atoms with Crippen molar-refractivity contribution < 1.29 is 27.6 Å². The van der Waals surface area contributed by atoms with Gasteiger partial charge in [-0.1, -0.05) is 0 Å². The van der Waals surface area contributed by atoms with Gasteiger partial charge in [0.05, 0.1) is 29.3 Å². The standard InChI is InChI=1S/C20H27F3N4O4/c1-19(2,3)31-18(28)26-7-6-17(20(22,23)13-26)25-10-8-24(9-11-25)16-5-4-14(27(29)30)12-15(16)21/h4-5,12,17H,6-11,13H2,1-3H3. The van der Waals surface area contributed by atoms with E-state index < -0.39 is 40.9 Å². The number of hydrogen-bond acceptors (Lipinski definition) is 6. The molecule has 2 fully saturated rings. The summed E-state index contributed by atoms with van der Waals surface area (Å²) in [4.78, 5) is 26.7. The molecular formula is C20H27F3N4O4. The molecule has 1 aromatic rings. The van der Waals surface area contributed by atoms with Crippen molar-refractivity contribution in [1.82, 2.24) is 9.80 Å². The van der Waals surface area contributed by atoms with Gasteiger partial charge in [-0.15, -0.1) is 0 Å². The van der Waals surface area contributed by atoms with E-state index in [9.17, 15) is 28.1 Å². The van der Waals surface area contributed by atoms with Crippen LogP contribution in [0.5, 0.6) is 0 Å². The lowest BCUT2D eigenvalue weighted by molar-refractivity contribution is -0.385. The third kappa shape index (κ3) is 5.38. The van der Waals surface area contributed by atoms with Gasteiger partial charge in [0, 0.05) is 38.8 Å². The Labute approximate surface area is 178 Å². The first-order valence-electron chi connectivity index (χ1n) is 10.2. The van der Waals surface area contributed by atoms with Crippen molar-refractivity contribution >= 4 is 17.5 Å². The second kappa shape index (κ2) is 8.52. The van der Waals surface area contributed by atoms with Gasteiger partial charge >= 0.3 is 6.09 Å². The van der Waals surface area contributed by atoms with Crippen LogP contribution in [0.2, 0.25) is 0 Å². The Bertz CT molecular complexity index is 838. The van der Waals surface area contributed by atoms with Crippen LogP contribution in [0.4, 0.5) is 29.3 Å². The number of amides is 1. The number of alkyl halides is 2. The topological polar surface area (TPSA) is 79.2 Å². The van der Waals surface area contributed by atoms with Gasteiger partial charge in [0.1, 0.15) is 5.60 Å². The molecule has 1 amide bonds. The van der Waals surface area contributed by atoms with Crippen molar-refractivity contribution in [3.8, 4) is 0 Å². The molecule has 0 spiro atoms. The van der Waals surface area contributed by atoms with Crippen LogP contribution in [0, 0.1) is 15.9 Å². The van der Waals surface area contributed by atoms with Crippen LogP contribution < -0.4 is 4.90 Å². The first-order chi connectivity index (χ1) is 14.4. The van der Waals surface area contributed by atoms with Gasteiger partial charge in [-0.25, -0.2) is 18.0 Å². The maximum absolute atomic E-state index is 14.9. The average Bonchev–Trinajstić information content (AvgIpc) is 2.66. The van der Waals surface area contributed by atoms with Crippen molar-refractivity contribution in [2.75, 3.05) is 44.2 Å². The molecule has 0 radical (unpaired) electrons. The molecule has 0 aliphatic carbocycles. The molecule has 2 saturated heterocycles. The Balaban J connectivity index is 1.60. The largest absolute Gasteiger partial charge is 0.444 e. The highest BCUT2D eigenvalue weighted by molar-refractivity contribution is 5.68. The lowest BCUT2D eigenvalue weighted by Crippen LogP contribution is -2.62. The monoisotopic (exact) mass is 444 g/mol. The van der Waals surface area contributed by atoms with E-state index in [0.29, 0.717) is 26.2 Å². The third-order valence-corrected chi connectivity index (χ3v) is 5.45. The van der Waals surface area contributed by atoms with Crippen molar-refractivity contribution in [3.63, 3.8) is 0 Å². The minimum Gasteiger partial charge on any atom is -0.444 e. The number of nitro benzene ring substituents is 1. The minimum absolute atomic E-state index is 0.109. The molecule has 2 aliphatic rings. The molecule has 1 atom stereocenters. The molecule has 1 unspecified atom stereocenters. The normalized spacial score (nSPS) is 22.3. The quantitative estimate of drug-likeness (QED) is 0.525. The fourth-order valence-electron chi connectivity index (χ4n) is 4.00. The van der Waals surface area contributed by atoms with E-state index in [-0.39, 0.29) is 24.3 Å². The van der Waals surface area contributed by atoms with Crippen LogP contribution in [0.15, 0.2) is 18.2 Å². The number of nitrogens with zero attached hydrogens (tertiary/aromatic N) is 4. The van der Waals surface area contributed by atoms with Gasteiger partial charge in [0.15, 0.2) is 5.82 Å². The van der Waals surface area contributed by atoms with Crippen LogP contribution in [0.3, 0.4) is 0 Å². The van der Waals surface area contributed by atoms with Gasteiger partial charge in [-0.2, -0.15) is 0 Å². The molecule has 0 aromatic heterocycles. The fraction of sp³-hybridized carbons (Fsp3) is 0.650. The highest BCUT2D eigenvalue weighted by Gasteiger charge is 2.49. The molecule has 3 rings (SSSR count). The highest BCUT2D eigenvalue weighted by atomic mass is 19.3. The number of nitro groups is 1. The van der Waals surface area contributed by atoms with Gasteiger partial charge < -0.3 is 14.5 Å². The SMILES string of the molecule is CC(C)(C)OC(=O)N1CCC(N2CCN(c3ccc([N+](=O)[O-])cc3F)CC2)C(F)(F)C1. The van der Waals surface area contributed by atoms with Crippen LogP contribution in [-0.2, 0) is 4.74 Å². The van der Waals surface area contributed by atoms with E-state index in [2.05, 4.69) is 0 Å². The molecule has 8 nitrogen and oxygen atoms in total. The lowest BCUT2D eigenvalue weighted by Gasteiger charge is -2.46. The summed E-state index contributed by atoms with van der Waals surface area (Å²) in [6.07, 6.45) is -0.637. The predicted molar refractivity (Wildman–Crippen MR) is 108 cm³/mol. The summed E-state index contributed by atoms with van der Waals surface area (Å²) in [6, 6.07) is 2.42. The second-order valence-electron chi connectivity index (χ2n) is 8.88. The number of piperazine rings is 1. The summed E-state index contributed by atoms with van der Waals surface area (Å²) in [7, 11) is 0. The zero-order valence-electron chi connectivity index (χ0n) is 17.8. The number of benzene rings is 1. The van der Waals surface area contributed by atoms with Crippen molar-refractivity contribution in [2.24, 2.45) is 0 Å². The molecule has 2 heterocycles. The number of carbonyl (C=O) groups excluding carboxylic acids is 1. The van der Waals surface area contributed by atoms with Crippen LogP contribution in [0.25, 0.3) is 0 Å². The zero-order chi connectivity index (χ0) is 23.0. The Morgan fingerprint density at radius 2 is 1.84 bits per heavy atom. The molecule has 31 heavy (non-hydrogen) atoms. The second-order valence-corrected chi connectivity index (χ2v) is 8.88. The molecule has 1 aromatic carbocycles. The first-order valence-corrected chi connectivity index (χ1v) is 10.2. The number of halogens is 3. The number of likely N-dealkylation sites (tertiary alicyclic amines) is 1. The van der Waals surface area contributed by atoms with Gasteiger partial charge in [-0.05, 0) is 33.3 Å². The zero-order valence-corrected chi connectivity index (χ0v) is 17.8. The Kier molecular flexibility index (Phi) is 6.35. The number of non-ortho nitro benzene ring substituents is 1. The number of rotatable bonds is 3. The maximum atomic E-state index is 14.9. The minimum atomic E-state index is -3.10. The van der Waals surface area contributed by atoms with E-state index in [1.165, 1.54) is 12.1 Å². The van der Waals surface area contributed by atoms with Crippen molar-refractivity contribution in [2.45, 2.75) is 44.8 Å². The van der Waals surface area contributed by atoms with Gasteiger partial charge in [0.2, 0.25) is 0 Å². The summed E-state index contributed by atoms with van der Waals surface area (Å²) in [5, 5.41) is 10.8. The Morgan fingerprint density at radius 3 is 2.35 bits per heavy atom. The highest BCUT2D eigenvalue weighted by Crippen LogP contribution is 2.33. The van der Waals surface area contributed by atoms with E-state index in [1.807, 2.05) is 0 Å². The van der Waals surface area contributed by atoms with Gasteiger partial charge in [0.25, 0.3) is 11.6 Å². The van der Waals surface area contributed by atoms with Crippen LogP contribution >= 0.6 is 0 Å². The molecule has 0 bridgehead atoms. The van der Waals surface area contributed by atoms with Crippen molar-refractivity contribution in [1.29, 1.82) is 0 Å². The summed E-state index contributed by atoms with van der Waals surface area (Å²) in [5.41, 5.74) is -0.875.